The zero-order chi connectivity index (χ0) is 16.6. The van der Waals surface area contributed by atoms with Crippen LogP contribution in [0.15, 0.2) is 60.7 Å². The molecule has 1 heterocycles. The Bertz CT molecular complexity index is 544. The van der Waals surface area contributed by atoms with Crippen LogP contribution < -0.4 is 10.4 Å². The van der Waals surface area contributed by atoms with Crippen molar-refractivity contribution in [3.05, 3.63) is 60.7 Å². The highest BCUT2D eigenvalue weighted by molar-refractivity contribution is 6.86. The van der Waals surface area contributed by atoms with Gasteiger partial charge >= 0.3 is 0 Å². The molecule has 1 saturated heterocycles. The standard InChI is InChI=1S/C22H30OSi/c1-2-3-6-12-19-13-11-18-22(23-19)24(20-14-7-4-8-15-20)21-16-9-5-10-17-21/h4-5,7-10,14-17,19,22,24H,2-3,6,11-13,18H2,1H3. The molecule has 2 aromatic carbocycles. The van der Waals surface area contributed by atoms with Crippen LogP contribution in [0, 0.1) is 0 Å². The minimum absolute atomic E-state index is 0.440. The van der Waals surface area contributed by atoms with E-state index in [1.165, 1.54) is 55.3 Å². The molecule has 0 spiro atoms. The van der Waals surface area contributed by atoms with Crippen molar-refractivity contribution in [2.24, 2.45) is 0 Å². The summed E-state index contributed by atoms with van der Waals surface area (Å²) in [6.07, 6.45) is 9.48. The lowest BCUT2D eigenvalue weighted by Gasteiger charge is -2.35. The highest BCUT2D eigenvalue weighted by Crippen LogP contribution is 2.24. The van der Waals surface area contributed by atoms with E-state index in [0.717, 1.165) is 0 Å². The minimum atomic E-state index is -1.33. The third kappa shape index (κ3) is 4.58. The largest absolute Gasteiger partial charge is 0.378 e. The topological polar surface area (TPSA) is 9.23 Å². The molecule has 2 heteroatoms. The van der Waals surface area contributed by atoms with E-state index in [1.54, 1.807) is 0 Å². The molecule has 1 aliphatic rings. The summed E-state index contributed by atoms with van der Waals surface area (Å²) in [5, 5.41) is 3.03. The Labute approximate surface area is 148 Å². The second-order valence-corrected chi connectivity index (χ2v) is 10.1. The first-order valence-corrected chi connectivity index (χ1v) is 11.5. The number of hydrogen-bond donors (Lipinski definition) is 0. The van der Waals surface area contributed by atoms with Gasteiger partial charge in [-0.1, -0.05) is 97.2 Å². The van der Waals surface area contributed by atoms with Crippen molar-refractivity contribution in [2.45, 2.75) is 63.7 Å². The van der Waals surface area contributed by atoms with Gasteiger partial charge in [0.25, 0.3) is 0 Å². The van der Waals surface area contributed by atoms with Crippen LogP contribution >= 0.6 is 0 Å². The molecule has 2 aromatic rings. The number of benzene rings is 2. The maximum atomic E-state index is 6.67. The zero-order valence-corrected chi connectivity index (χ0v) is 16.0. The molecule has 1 aliphatic heterocycles. The van der Waals surface area contributed by atoms with Crippen LogP contribution in [0.25, 0.3) is 0 Å². The summed E-state index contributed by atoms with van der Waals surface area (Å²) >= 11 is 0. The summed E-state index contributed by atoms with van der Waals surface area (Å²) in [7, 11) is -1.33. The fourth-order valence-electron chi connectivity index (χ4n) is 3.95. The Morgan fingerprint density at radius 3 is 2.08 bits per heavy atom. The summed E-state index contributed by atoms with van der Waals surface area (Å²) in [5.74, 6) is 0. The number of rotatable bonds is 7. The molecule has 0 N–H and O–H groups in total. The lowest BCUT2D eigenvalue weighted by atomic mass is 10.0. The van der Waals surface area contributed by atoms with E-state index >= 15 is 0 Å². The quantitative estimate of drug-likeness (QED) is 0.546. The van der Waals surface area contributed by atoms with E-state index in [4.69, 9.17) is 4.74 Å². The molecule has 0 aromatic heterocycles. The molecule has 0 radical (unpaired) electrons. The van der Waals surface area contributed by atoms with Crippen LogP contribution in [-0.2, 0) is 4.74 Å². The first kappa shape index (κ1) is 17.4. The molecule has 24 heavy (non-hydrogen) atoms. The summed E-state index contributed by atoms with van der Waals surface area (Å²) in [5.41, 5.74) is 0.440. The Balaban J connectivity index is 1.78. The summed E-state index contributed by atoms with van der Waals surface area (Å²) < 4.78 is 6.67. The Hall–Kier alpha value is -1.38. The SMILES string of the molecule is CCCCCC1CCCC([SiH](c2ccccc2)c2ccccc2)O1. The Morgan fingerprint density at radius 1 is 0.875 bits per heavy atom. The fourth-order valence-corrected chi connectivity index (χ4v) is 7.42. The highest BCUT2D eigenvalue weighted by Gasteiger charge is 2.32. The van der Waals surface area contributed by atoms with E-state index < -0.39 is 8.80 Å². The maximum Gasteiger partial charge on any atom is 0.134 e. The summed E-state index contributed by atoms with van der Waals surface area (Å²) in [6, 6.07) is 22.2. The normalized spacial score (nSPS) is 21.1. The first-order chi connectivity index (χ1) is 11.9. The molecule has 2 atom stereocenters. The summed E-state index contributed by atoms with van der Waals surface area (Å²) in [4.78, 5) is 0. The molecule has 1 nitrogen and oxygen atoms in total. The first-order valence-electron chi connectivity index (χ1n) is 9.64. The minimum Gasteiger partial charge on any atom is -0.378 e. The third-order valence-corrected chi connectivity index (χ3v) is 8.64. The molecule has 0 aliphatic carbocycles. The third-order valence-electron chi connectivity index (χ3n) is 5.20. The molecular weight excluding hydrogens is 308 g/mol. The number of ether oxygens (including phenoxy) is 1. The van der Waals surface area contributed by atoms with Crippen molar-refractivity contribution in [1.29, 1.82) is 0 Å². The molecule has 1 fully saturated rings. The second-order valence-electron chi connectivity index (χ2n) is 7.02. The zero-order valence-electron chi connectivity index (χ0n) is 14.9. The maximum absolute atomic E-state index is 6.67. The van der Waals surface area contributed by atoms with Crippen LogP contribution in [-0.4, -0.2) is 20.6 Å². The van der Waals surface area contributed by atoms with Gasteiger partial charge in [0.1, 0.15) is 8.80 Å². The Morgan fingerprint density at radius 2 is 1.50 bits per heavy atom. The van der Waals surface area contributed by atoms with Crippen molar-refractivity contribution >= 4 is 19.2 Å². The van der Waals surface area contributed by atoms with Gasteiger partial charge in [0.15, 0.2) is 0 Å². The van der Waals surface area contributed by atoms with Crippen LogP contribution in [0.3, 0.4) is 0 Å². The number of hydrogen-bond acceptors (Lipinski definition) is 1. The van der Waals surface area contributed by atoms with Crippen molar-refractivity contribution in [3.63, 3.8) is 0 Å². The summed E-state index contributed by atoms with van der Waals surface area (Å²) in [6.45, 7) is 2.28. The van der Waals surface area contributed by atoms with Crippen molar-refractivity contribution in [3.8, 4) is 0 Å². The molecule has 128 valence electrons. The van der Waals surface area contributed by atoms with Gasteiger partial charge < -0.3 is 4.74 Å². The molecule has 3 rings (SSSR count). The van der Waals surface area contributed by atoms with Gasteiger partial charge in [-0.05, 0) is 25.7 Å². The molecule has 0 amide bonds. The van der Waals surface area contributed by atoms with Crippen molar-refractivity contribution in [2.75, 3.05) is 0 Å². The fraction of sp³-hybridized carbons (Fsp3) is 0.455. The van der Waals surface area contributed by atoms with Gasteiger partial charge in [0, 0.05) is 0 Å². The molecule has 2 unspecified atom stereocenters. The lowest BCUT2D eigenvalue weighted by Crippen LogP contribution is -2.54. The average molecular weight is 339 g/mol. The van der Waals surface area contributed by atoms with E-state index in [2.05, 4.69) is 67.6 Å². The van der Waals surface area contributed by atoms with Crippen LogP contribution in [0.4, 0.5) is 0 Å². The van der Waals surface area contributed by atoms with Gasteiger partial charge in [-0.15, -0.1) is 0 Å². The number of unbranched alkanes of at least 4 members (excludes halogenated alkanes) is 2. The second kappa shape index (κ2) is 9.19. The van der Waals surface area contributed by atoms with Crippen LogP contribution in [0.5, 0.6) is 0 Å². The van der Waals surface area contributed by atoms with E-state index in [9.17, 15) is 0 Å². The van der Waals surface area contributed by atoms with Crippen molar-refractivity contribution < 1.29 is 4.74 Å². The van der Waals surface area contributed by atoms with Gasteiger partial charge in [-0.2, -0.15) is 0 Å². The predicted molar refractivity (Wildman–Crippen MR) is 106 cm³/mol. The van der Waals surface area contributed by atoms with Gasteiger partial charge in [-0.3, -0.25) is 0 Å². The van der Waals surface area contributed by atoms with E-state index in [-0.39, 0.29) is 0 Å². The van der Waals surface area contributed by atoms with Crippen molar-refractivity contribution in [1.82, 2.24) is 0 Å². The van der Waals surface area contributed by atoms with Crippen LogP contribution in [0.1, 0.15) is 51.9 Å². The lowest BCUT2D eigenvalue weighted by molar-refractivity contribution is -0.0159. The molecular formula is C22H30OSi. The van der Waals surface area contributed by atoms with Gasteiger partial charge in [0.2, 0.25) is 0 Å². The molecule has 0 bridgehead atoms. The highest BCUT2D eigenvalue weighted by atomic mass is 28.3. The van der Waals surface area contributed by atoms with Crippen LogP contribution in [0.2, 0.25) is 0 Å². The predicted octanol–water partition coefficient (Wildman–Crippen LogP) is 4.09. The van der Waals surface area contributed by atoms with Gasteiger partial charge in [0.05, 0.1) is 11.8 Å². The van der Waals surface area contributed by atoms with E-state index in [1.807, 2.05) is 0 Å². The smallest absolute Gasteiger partial charge is 0.134 e. The monoisotopic (exact) mass is 338 g/mol. The van der Waals surface area contributed by atoms with Gasteiger partial charge in [-0.25, -0.2) is 0 Å². The molecule has 0 saturated carbocycles. The average Bonchev–Trinajstić information content (AvgIpc) is 2.64. The van der Waals surface area contributed by atoms with E-state index in [0.29, 0.717) is 11.8 Å². The Kier molecular flexibility index (Phi) is 6.68.